The number of halogens is 1. The summed E-state index contributed by atoms with van der Waals surface area (Å²) in [5.74, 6) is 0. The van der Waals surface area contributed by atoms with Gasteiger partial charge in [-0.25, -0.2) is 18.2 Å². The van der Waals surface area contributed by atoms with E-state index in [1.54, 1.807) is 29.2 Å². The number of thiazole rings is 1. The third kappa shape index (κ3) is 4.02. The van der Waals surface area contributed by atoms with Gasteiger partial charge in [0.2, 0.25) is 10.0 Å². The van der Waals surface area contributed by atoms with Crippen LogP contribution in [0.1, 0.15) is 5.69 Å². The highest BCUT2D eigenvalue weighted by Gasteiger charge is 2.31. The van der Waals surface area contributed by atoms with Crippen LogP contribution in [0.25, 0.3) is 0 Å². The number of aryl methyl sites for hydroxylation is 1. The first-order valence-electron chi connectivity index (χ1n) is 7.60. The number of rotatable bonds is 3. The van der Waals surface area contributed by atoms with Crippen molar-refractivity contribution in [1.29, 1.82) is 0 Å². The van der Waals surface area contributed by atoms with Crippen LogP contribution in [-0.4, -0.2) is 54.8 Å². The van der Waals surface area contributed by atoms with Crippen LogP contribution in [0.5, 0.6) is 0 Å². The number of carbonyl (C=O) groups is 1. The van der Waals surface area contributed by atoms with Gasteiger partial charge >= 0.3 is 6.03 Å². The molecular weight excluding hydrogens is 428 g/mol. The summed E-state index contributed by atoms with van der Waals surface area (Å²) >= 11 is 4.65. The van der Waals surface area contributed by atoms with Gasteiger partial charge in [0, 0.05) is 36.0 Å². The number of piperazine rings is 1. The van der Waals surface area contributed by atoms with Crippen molar-refractivity contribution in [2.45, 2.75) is 11.8 Å². The molecule has 0 aliphatic carbocycles. The number of benzene rings is 1. The van der Waals surface area contributed by atoms with Gasteiger partial charge in [0.05, 0.1) is 10.6 Å². The summed E-state index contributed by atoms with van der Waals surface area (Å²) < 4.78 is 27.4. The second kappa shape index (κ2) is 7.40. The molecule has 10 heteroatoms. The van der Waals surface area contributed by atoms with Crippen LogP contribution in [0.3, 0.4) is 0 Å². The topological polar surface area (TPSA) is 82.6 Å². The van der Waals surface area contributed by atoms with Gasteiger partial charge < -0.3 is 4.90 Å². The fourth-order valence-corrected chi connectivity index (χ4v) is 5.57. The maximum absolute atomic E-state index is 12.7. The van der Waals surface area contributed by atoms with E-state index >= 15 is 0 Å². The minimum atomic E-state index is -3.58. The number of nitrogens with one attached hydrogen (secondary N) is 1. The van der Waals surface area contributed by atoms with Crippen LogP contribution in [0.4, 0.5) is 9.93 Å². The molecule has 25 heavy (non-hydrogen) atoms. The normalized spacial score (nSPS) is 16.0. The molecule has 0 spiro atoms. The smallest absolute Gasteiger partial charge is 0.322 e. The number of amides is 2. The standard InChI is InChI=1S/C15H17BrN4O3S2/c1-11-10-24-14(17-11)18-15(21)19-6-8-20(9-7-19)25(22,23)13-5-3-2-4-12(13)16/h2-5,10H,6-9H2,1H3,(H,17,18,21). The Morgan fingerprint density at radius 1 is 1.24 bits per heavy atom. The lowest BCUT2D eigenvalue weighted by molar-refractivity contribution is 0.184. The summed E-state index contributed by atoms with van der Waals surface area (Å²) in [5.41, 5.74) is 0.852. The predicted octanol–water partition coefficient (Wildman–Crippen LogP) is 2.75. The van der Waals surface area contributed by atoms with Gasteiger partial charge in [-0.15, -0.1) is 11.3 Å². The highest BCUT2D eigenvalue weighted by atomic mass is 79.9. The van der Waals surface area contributed by atoms with Crippen molar-refractivity contribution in [2.75, 3.05) is 31.5 Å². The van der Waals surface area contributed by atoms with Gasteiger partial charge in [-0.2, -0.15) is 4.31 Å². The first-order valence-corrected chi connectivity index (χ1v) is 10.7. The molecule has 1 aromatic heterocycles. The number of urea groups is 1. The predicted molar refractivity (Wildman–Crippen MR) is 100 cm³/mol. The van der Waals surface area contributed by atoms with Crippen molar-refractivity contribution < 1.29 is 13.2 Å². The number of nitrogens with zero attached hydrogens (tertiary/aromatic N) is 3. The molecule has 0 bridgehead atoms. The molecule has 134 valence electrons. The van der Waals surface area contributed by atoms with Crippen LogP contribution in [0.2, 0.25) is 0 Å². The van der Waals surface area contributed by atoms with E-state index < -0.39 is 10.0 Å². The van der Waals surface area contributed by atoms with E-state index in [0.29, 0.717) is 22.7 Å². The van der Waals surface area contributed by atoms with Crippen molar-refractivity contribution >= 4 is 48.5 Å². The van der Waals surface area contributed by atoms with E-state index in [-0.39, 0.29) is 24.0 Å². The highest BCUT2D eigenvalue weighted by molar-refractivity contribution is 9.10. The van der Waals surface area contributed by atoms with Gasteiger partial charge in [-0.1, -0.05) is 12.1 Å². The summed E-state index contributed by atoms with van der Waals surface area (Å²) in [4.78, 5) is 18.3. The van der Waals surface area contributed by atoms with Crippen molar-refractivity contribution in [3.05, 3.63) is 39.8 Å². The van der Waals surface area contributed by atoms with Crippen LogP contribution >= 0.6 is 27.3 Å². The van der Waals surface area contributed by atoms with Crippen LogP contribution < -0.4 is 5.32 Å². The average molecular weight is 445 g/mol. The molecule has 1 aliphatic rings. The second-order valence-electron chi connectivity index (χ2n) is 5.55. The summed E-state index contributed by atoms with van der Waals surface area (Å²) in [6.45, 7) is 3.04. The van der Waals surface area contributed by atoms with Crippen LogP contribution in [-0.2, 0) is 10.0 Å². The molecule has 7 nitrogen and oxygen atoms in total. The van der Waals surface area contributed by atoms with Crippen LogP contribution in [0, 0.1) is 6.92 Å². The zero-order chi connectivity index (χ0) is 18.0. The molecule has 1 aromatic carbocycles. The van der Waals surface area contributed by atoms with E-state index in [1.165, 1.54) is 15.6 Å². The fraction of sp³-hybridized carbons (Fsp3) is 0.333. The molecule has 1 fully saturated rings. The third-order valence-electron chi connectivity index (χ3n) is 3.81. The Bertz CT molecular complexity index is 876. The van der Waals surface area contributed by atoms with E-state index in [2.05, 4.69) is 26.2 Å². The Morgan fingerprint density at radius 3 is 2.52 bits per heavy atom. The lowest BCUT2D eigenvalue weighted by Gasteiger charge is -2.33. The molecule has 2 amide bonds. The lowest BCUT2D eigenvalue weighted by Crippen LogP contribution is -2.51. The quantitative estimate of drug-likeness (QED) is 0.788. The molecule has 0 atom stereocenters. The second-order valence-corrected chi connectivity index (χ2v) is 9.16. The zero-order valence-corrected chi connectivity index (χ0v) is 16.7. The number of anilines is 1. The summed E-state index contributed by atoms with van der Waals surface area (Å²) in [6.07, 6.45) is 0. The maximum Gasteiger partial charge on any atom is 0.323 e. The Balaban J connectivity index is 1.63. The molecule has 2 aromatic rings. The van der Waals surface area contributed by atoms with Crippen molar-refractivity contribution in [3.63, 3.8) is 0 Å². The molecule has 0 unspecified atom stereocenters. The number of carbonyl (C=O) groups excluding carboxylic acids is 1. The van der Waals surface area contributed by atoms with Gasteiger partial charge in [0.25, 0.3) is 0 Å². The highest BCUT2D eigenvalue weighted by Crippen LogP contribution is 2.25. The molecule has 1 aliphatic heterocycles. The van der Waals surface area contributed by atoms with Crippen molar-refractivity contribution in [3.8, 4) is 0 Å². The first kappa shape index (κ1) is 18.3. The number of hydrogen-bond donors (Lipinski definition) is 1. The van der Waals surface area contributed by atoms with Crippen molar-refractivity contribution in [1.82, 2.24) is 14.2 Å². The Morgan fingerprint density at radius 2 is 1.92 bits per heavy atom. The number of hydrogen-bond acceptors (Lipinski definition) is 5. The fourth-order valence-electron chi connectivity index (χ4n) is 2.51. The molecule has 1 saturated heterocycles. The Kier molecular flexibility index (Phi) is 5.42. The number of sulfonamides is 1. The Labute approximate surface area is 158 Å². The minimum Gasteiger partial charge on any atom is -0.322 e. The van der Waals surface area contributed by atoms with E-state index in [0.717, 1.165) is 5.69 Å². The van der Waals surface area contributed by atoms with E-state index in [9.17, 15) is 13.2 Å². The molecule has 3 rings (SSSR count). The summed E-state index contributed by atoms with van der Waals surface area (Å²) in [5, 5.41) is 5.15. The monoisotopic (exact) mass is 444 g/mol. The molecular formula is C15H17BrN4O3S2. The van der Waals surface area contributed by atoms with E-state index in [1.807, 2.05) is 12.3 Å². The first-order chi connectivity index (χ1) is 11.9. The number of aromatic nitrogens is 1. The van der Waals surface area contributed by atoms with Crippen molar-refractivity contribution in [2.24, 2.45) is 0 Å². The lowest BCUT2D eigenvalue weighted by atomic mass is 10.4. The van der Waals surface area contributed by atoms with Gasteiger partial charge in [0.1, 0.15) is 0 Å². The molecule has 0 saturated carbocycles. The third-order valence-corrected chi connectivity index (χ3v) is 7.60. The largest absolute Gasteiger partial charge is 0.323 e. The maximum atomic E-state index is 12.7. The van der Waals surface area contributed by atoms with Gasteiger partial charge in [0.15, 0.2) is 5.13 Å². The van der Waals surface area contributed by atoms with Gasteiger partial charge in [-0.05, 0) is 35.0 Å². The summed E-state index contributed by atoms with van der Waals surface area (Å²) in [7, 11) is -3.58. The zero-order valence-electron chi connectivity index (χ0n) is 13.5. The molecule has 1 N–H and O–H groups in total. The van der Waals surface area contributed by atoms with Crippen LogP contribution in [0.15, 0.2) is 39.0 Å². The molecule has 0 radical (unpaired) electrons. The van der Waals surface area contributed by atoms with E-state index in [4.69, 9.17) is 0 Å². The van der Waals surface area contributed by atoms with Gasteiger partial charge in [-0.3, -0.25) is 5.32 Å². The summed E-state index contributed by atoms with van der Waals surface area (Å²) in [6, 6.07) is 6.48. The average Bonchev–Trinajstić information content (AvgIpc) is 3.00. The SMILES string of the molecule is Cc1csc(NC(=O)N2CCN(S(=O)(=O)c3ccccc3Br)CC2)n1. The molecule has 2 heterocycles. The minimum absolute atomic E-state index is 0.242. The Hall–Kier alpha value is -1.49.